The third-order valence-corrected chi connectivity index (χ3v) is 22.4. The van der Waals surface area contributed by atoms with Gasteiger partial charge in [-0.15, -0.1) is 0 Å². The van der Waals surface area contributed by atoms with Crippen molar-refractivity contribution in [2.75, 3.05) is 0 Å². The number of hydrogen-bond acceptors (Lipinski definition) is 2. The summed E-state index contributed by atoms with van der Waals surface area (Å²) < 4.78 is 13.3. The van der Waals surface area contributed by atoms with Crippen LogP contribution in [0.15, 0.2) is 300 Å². The normalized spacial score (nSPS) is 13.8. The lowest BCUT2D eigenvalue weighted by Gasteiger charge is -2.23. The predicted octanol–water partition coefficient (Wildman–Crippen LogP) is 26.5. The van der Waals surface area contributed by atoms with Gasteiger partial charge in [0.25, 0.3) is 0 Å². The summed E-state index contributed by atoms with van der Waals surface area (Å²) in [6.07, 6.45) is 0. The zero-order valence-corrected chi connectivity index (χ0v) is 53.5. The first kappa shape index (κ1) is 53.6. The zero-order chi connectivity index (χ0) is 63.4. The molecule has 0 saturated heterocycles. The number of hydrogen-bond donors (Lipinski definition) is 0. The van der Waals surface area contributed by atoms with Crippen LogP contribution >= 0.6 is 0 Å². The van der Waals surface area contributed by atoms with Crippen molar-refractivity contribution >= 4 is 119 Å². The Bertz CT molecular complexity index is 6580. The van der Waals surface area contributed by atoms with Gasteiger partial charge in [-0.3, -0.25) is 0 Å². The first-order valence-electron chi connectivity index (χ1n) is 33.7. The monoisotopic (exact) mass is 1220 g/mol. The molecule has 0 unspecified atom stereocenters. The summed E-state index contributed by atoms with van der Waals surface area (Å²) in [4.78, 5) is 0. The molecule has 2 nitrogen and oxygen atoms in total. The van der Waals surface area contributed by atoms with E-state index in [1.54, 1.807) is 0 Å². The van der Waals surface area contributed by atoms with E-state index in [9.17, 15) is 0 Å². The van der Waals surface area contributed by atoms with E-state index in [0.717, 1.165) is 43.9 Å². The van der Waals surface area contributed by atoms with Crippen LogP contribution in [-0.4, -0.2) is 0 Å². The van der Waals surface area contributed by atoms with Crippen LogP contribution in [0.1, 0.15) is 49.9 Å². The van der Waals surface area contributed by atoms with Gasteiger partial charge in [0.2, 0.25) is 0 Å². The third kappa shape index (κ3) is 7.41. The summed E-state index contributed by atoms with van der Waals surface area (Å²) in [5, 5.41) is 21.8. The topological polar surface area (TPSA) is 26.3 Å². The Hall–Kier alpha value is -11.8. The van der Waals surface area contributed by atoms with Gasteiger partial charge in [-0.25, -0.2) is 0 Å². The number of fused-ring (bicyclic) bond motifs is 19. The van der Waals surface area contributed by atoms with Gasteiger partial charge in [0.15, 0.2) is 0 Å². The average Bonchev–Trinajstić information content (AvgIpc) is 1.53. The van der Waals surface area contributed by atoms with Gasteiger partial charge < -0.3 is 8.83 Å². The molecule has 448 valence electrons. The summed E-state index contributed by atoms with van der Waals surface area (Å²) in [6, 6.07) is 109. The Kier molecular flexibility index (Phi) is 10.8. The average molecular weight is 1220 g/mol. The number of para-hydroxylation sites is 1. The quantitative estimate of drug-likeness (QED) is 0.161. The minimum absolute atomic E-state index is 0.107. The SMILES string of the molecule is CC1(C)c2ccc(-c3c4ccccc4c(-c4ccc5oc6cc7c(-c8cccc9cc%10c(cc89)C(C)(C)c8ccc(-c9c%11ccccc%11c(-c%11ccc%12oc%13ccccc%13c%12c%11)c%11ccccc9%11)cc8-%10)cccc7cc6c5c4)c4ccccc34)cc2-c2cc3ccccc3cc21. The minimum atomic E-state index is -0.240. The van der Waals surface area contributed by atoms with E-state index in [-0.39, 0.29) is 10.8 Å². The fourth-order valence-corrected chi connectivity index (χ4v) is 17.8. The molecule has 17 aromatic carbocycles. The van der Waals surface area contributed by atoms with E-state index < -0.39 is 0 Å². The predicted molar refractivity (Wildman–Crippen MR) is 406 cm³/mol. The summed E-state index contributed by atoms with van der Waals surface area (Å²) >= 11 is 0. The minimum Gasteiger partial charge on any atom is -0.456 e. The van der Waals surface area contributed by atoms with Crippen LogP contribution in [0.5, 0.6) is 0 Å². The molecule has 2 heteroatoms. The largest absolute Gasteiger partial charge is 0.456 e. The second-order valence-corrected chi connectivity index (χ2v) is 28.1. The van der Waals surface area contributed by atoms with Crippen LogP contribution < -0.4 is 0 Å². The van der Waals surface area contributed by atoms with Crippen LogP contribution in [0, 0.1) is 0 Å². The Balaban J connectivity index is 0.666. The van der Waals surface area contributed by atoms with E-state index >= 15 is 0 Å². The molecule has 0 radical (unpaired) electrons. The highest BCUT2D eigenvalue weighted by atomic mass is 16.3. The van der Waals surface area contributed by atoms with Crippen LogP contribution in [-0.2, 0) is 10.8 Å². The van der Waals surface area contributed by atoms with Crippen molar-refractivity contribution in [3.8, 4) is 77.9 Å². The van der Waals surface area contributed by atoms with Gasteiger partial charge in [0.1, 0.15) is 22.3 Å². The molecule has 0 spiro atoms. The molecule has 0 amide bonds. The molecule has 21 rings (SSSR count). The van der Waals surface area contributed by atoms with E-state index in [2.05, 4.69) is 313 Å². The summed E-state index contributed by atoms with van der Waals surface area (Å²) in [5.74, 6) is 0. The lowest BCUT2D eigenvalue weighted by molar-refractivity contribution is 0.661. The first-order valence-corrected chi connectivity index (χ1v) is 33.7. The maximum absolute atomic E-state index is 6.94. The number of benzene rings is 17. The van der Waals surface area contributed by atoms with Gasteiger partial charge in [0.05, 0.1) is 0 Å². The Morgan fingerprint density at radius 3 is 1.02 bits per heavy atom. The zero-order valence-electron chi connectivity index (χ0n) is 53.5. The highest BCUT2D eigenvalue weighted by Crippen LogP contribution is 2.56. The first-order chi connectivity index (χ1) is 47.1. The molecule has 0 bridgehead atoms. The molecule has 19 aromatic rings. The number of furan rings is 2. The van der Waals surface area contributed by atoms with E-state index in [4.69, 9.17) is 8.83 Å². The number of rotatable bonds is 5. The van der Waals surface area contributed by atoms with Crippen molar-refractivity contribution in [2.45, 2.75) is 38.5 Å². The maximum Gasteiger partial charge on any atom is 0.136 e. The molecular weight excluding hydrogens is 1160 g/mol. The summed E-state index contributed by atoms with van der Waals surface area (Å²) in [7, 11) is 0. The van der Waals surface area contributed by atoms with E-state index in [0.29, 0.717) is 0 Å². The van der Waals surface area contributed by atoms with Crippen LogP contribution in [0.4, 0.5) is 0 Å². The molecule has 0 fully saturated rings. The lowest BCUT2D eigenvalue weighted by Crippen LogP contribution is -2.14. The van der Waals surface area contributed by atoms with Crippen molar-refractivity contribution in [1.82, 2.24) is 0 Å². The van der Waals surface area contributed by atoms with Crippen LogP contribution in [0.25, 0.3) is 197 Å². The second kappa shape index (κ2) is 19.4. The van der Waals surface area contributed by atoms with Crippen LogP contribution in [0.3, 0.4) is 0 Å². The molecular formula is C94H60O2. The highest BCUT2D eigenvalue weighted by Gasteiger charge is 2.38. The molecule has 0 aliphatic heterocycles. The summed E-state index contributed by atoms with van der Waals surface area (Å²) in [5.41, 5.74) is 26.2. The van der Waals surface area contributed by atoms with Crippen molar-refractivity contribution in [1.29, 1.82) is 0 Å². The van der Waals surface area contributed by atoms with Crippen molar-refractivity contribution in [3.05, 3.63) is 313 Å². The molecule has 0 atom stereocenters. The van der Waals surface area contributed by atoms with Gasteiger partial charge >= 0.3 is 0 Å². The van der Waals surface area contributed by atoms with E-state index in [1.165, 1.54) is 176 Å². The van der Waals surface area contributed by atoms with Gasteiger partial charge in [0, 0.05) is 32.4 Å². The van der Waals surface area contributed by atoms with Gasteiger partial charge in [-0.2, -0.15) is 0 Å². The van der Waals surface area contributed by atoms with Gasteiger partial charge in [-0.1, -0.05) is 240 Å². The lowest BCUT2D eigenvalue weighted by atomic mass is 9.80. The molecule has 2 aliphatic carbocycles. The van der Waals surface area contributed by atoms with Crippen molar-refractivity contribution in [2.24, 2.45) is 0 Å². The fourth-order valence-electron chi connectivity index (χ4n) is 17.8. The third-order valence-electron chi connectivity index (χ3n) is 22.4. The Morgan fingerprint density at radius 2 is 0.521 bits per heavy atom. The van der Waals surface area contributed by atoms with Gasteiger partial charge in [-0.05, 0) is 254 Å². The Morgan fingerprint density at radius 1 is 0.188 bits per heavy atom. The molecule has 2 aromatic heterocycles. The highest BCUT2D eigenvalue weighted by molar-refractivity contribution is 6.25. The fraction of sp³-hybridized carbons (Fsp3) is 0.0638. The summed E-state index contributed by atoms with van der Waals surface area (Å²) in [6.45, 7) is 9.57. The molecule has 0 saturated carbocycles. The molecule has 0 N–H and O–H groups in total. The standard InChI is InChI=1S/C94H60O2/c1-93(2)81-39-35-57(46-74(81)76-43-53-19-5-6-20-54(53)50-83(76)93)89-66-26-9-13-30-70(66)92(71-31-14-10-27-67(71)89)60-38-42-87-79(49-60)80-45-56-22-18-33-62(73(56)52-88(80)96-87)61-32-17-21-55-44-77-75-47-58(36-40-82(75)94(3,4)84(77)51-72(55)61)90-64-24-7-11-28-68(64)91(69-29-12-8-25-65(69)90)59-37-41-86-78(48-59)63-23-15-16-34-85(63)95-86/h5-52H,1-4H3. The van der Waals surface area contributed by atoms with Crippen LogP contribution in [0.2, 0.25) is 0 Å². The molecule has 2 aliphatic rings. The van der Waals surface area contributed by atoms with E-state index in [1.807, 2.05) is 6.07 Å². The second-order valence-electron chi connectivity index (χ2n) is 28.1. The van der Waals surface area contributed by atoms with Crippen molar-refractivity contribution < 1.29 is 8.83 Å². The molecule has 2 heterocycles. The van der Waals surface area contributed by atoms with Crippen molar-refractivity contribution in [3.63, 3.8) is 0 Å². The smallest absolute Gasteiger partial charge is 0.136 e. The maximum atomic E-state index is 6.94. The Labute approximate surface area is 554 Å². The molecule has 96 heavy (non-hydrogen) atoms.